The maximum Gasteiger partial charge on any atom is 0.272 e. The minimum Gasteiger partial charge on any atom is -0.334 e. The average molecular weight is 290 g/mol. The maximum atomic E-state index is 12.9. The van der Waals surface area contributed by atoms with E-state index in [1.54, 1.807) is 4.90 Å². The van der Waals surface area contributed by atoms with Crippen LogP contribution in [0.3, 0.4) is 0 Å². The topological polar surface area (TPSA) is 50.3 Å². The lowest BCUT2D eigenvalue weighted by molar-refractivity contribution is -0.126. The summed E-state index contributed by atoms with van der Waals surface area (Å²) in [4.78, 5) is 30.3. The van der Waals surface area contributed by atoms with Crippen LogP contribution in [0.25, 0.3) is 0 Å². The Balaban J connectivity index is 1.78. The van der Waals surface area contributed by atoms with Gasteiger partial charge in [0.05, 0.1) is 6.20 Å². The number of hydrogen-bond donors (Lipinski definition) is 0. The molecule has 1 saturated carbocycles. The van der Waals surface area contributed by atoms with Crippen molar-refractivity contribution in [2.24, 2.45) is 5.92 Å². The Labute approximate surface area is 123 Å². The van der Waals surface area contributed by atoms with E-state index in [1.807, 2.05) is 0 Å². The molecule has 0 aromatic carbocycles. The minimum absolute atomic E-state index is 0.00264. The van der Waals surface area contributed by atoms with E-state index < -0.39 is 5.82 Å². The summed E-state index contributed by atoms with van der Waals surface area (Å²) in [7, 11) is 0. The largest absolute Gasteiger partial charge is 0.334 e. The van der Waals surface area contributed by atoms with Crippen LogP contribution in [0.5, 0.6) is 0 Å². The molecule has 0 radical (unpaired) electrons. The van der Waals surface area contributed by atoms with Crippen molar-refractivity contribution in [2.75, 3.05) is 6.54 Å². The van der Waals surface area contributed by atoms with Crippen molar-refractivity contribution in [3.05, 3.63) is 29.8 Å². The van der Waals surface area contributed by atoms with Gasteiger partial charge in [0.15, 0.2) is 0 Å². The second kappa shape index (κ2) is 5.92. The fraction of sp³-hybridized carbons (Fsp3) is 0.562. The van der Waals surface area contributed by atoms with Crippen molar-refractivity contribution in [2.45, 2.75) is 44.6 Å². The van der Waals surface area contributed by atoms with E-state index in [4.69, 9.17) is 0 Å². The molecule has 112 valence electrons. The molecule has 1 aliphatic heterocycles. The number of hydrogen-bond acceptors (Lipinski definition) is 3. The zero-order valence-corrected chi connectivity index (χ0v) is 11.9. The highest BCUT2D eigenvalue weighted by Gasteiger charge is 2.39. The van der Waals surface area contributed by atoms with Gasteiger partial charge in [-0.15, -0.1) is 0 Å². The van der Waals surface area contributed by atoms with Crippen LogP contribution in [0, 0.1) is 11.7 Å². The summed E-state index contributed by atoms with van der Waals surface area (Å²) >= 11 is 0. The van der Waals surface area contributed by atoms with Crippen LogP contribution in [0.1, 0.15) is 49.0 Å². The van der Waals surface area contributed by atoms with Crippen molar-refractivity contribution in [3.8, 4) is 0 Å². The van der Waals surface area contributed by atoms with Gasteiger partial charge in [-0.2, -0.15) is 0 Å². The van der Waals surface area contributed by atoms with Gasteiger partial charge in [-0.25, -0.2) is 9.37 Å². The molecule has 2 fully saturated rings. The Hall–Kier alpha value is -1.78. The van der Waals surface area contributed by atoms with E-state index in [1.165, 1.54) is 12.1 Å². The highest BCUT2D eigenvalue weighted by Crippen LogP contribution is 2.33. The summed E-state index contributed by atoms with van der Waals surface area (Å²) in [5.74, 6) is -0.369. The fourth-order valence-electron chi connectivity index (χ4n) is 3.53. The molecule has 0 bridgehead atoms. The molecular weight excluding hydrogens is 271 g/mol. The Bertz CT molecular complexity index is 544. The molecule has 2 unspecified atom stereocenters. The molecule has 2 aliphatic rings. The zero-order valence-electron chi connectivity index (χ0n) is 11.9. The number of pyridine rings is 1. The van der Waals surface area contributed by atoms with E-state index in [-0.39, 0.29) is 29.3 Å². The molecule has 1 amide bonds. The molecule has 2 atom stereocenters. The molecule has 3 rings (SSSR count). The first kappa shape index (κ1) is 14.2. The number of nitrogens with zero attached hydrogens (tertiary/aromatic N) is 2. The summed E-state index contributed by atoms with van der Waals surface area (Å²) in [5.41, 5.74) is 0.256. The standard InChI is InChI=1S/C16H19FN2O2/c17-11-7-8-13(18-10-11)16(21)19-9-3-5-14(19)12-4-1-2-6-15(12)20/h7-8,10,12,14H,1-6,9H2. The van der Waals surface area contributed by atoms with Gasteiger partial charge in [0.25, 0.3) is 5.91 Å². The number of carbonyl (C=O) groups is 2. The van der Waals surface area contributed by atoms with E-state index in [9.17, 15) is 14.0 Å². The molecule has 1 aliphatic carbocycles. The lowest BCUT2D eigenvalue weighted by Gasteiger charge is -2.32. The third-order valence-corrected chi connectivity index (χ3v) is 4.57. The van der Waals surface area contributed by atoms with E-state index in [2.05, 4.69) is 4.98 Å². The van der Waals surface area contributed by atoms with Crippen LogP contribution in [0.4, 0.5) is 4.39 Å². The first-order valence-corrected chi connectivity index (χ1v) is 7.62. The summed E-state index contributed by atoms with van der Waals surface area (Å²) in [5, 5.41) is 0. The summed E-state index contributed by atoms with van der Waals surface area (Å²) in [6, 6.07) is 2.66. The second-order valence-corrected chi connectivity index (χ2v) is 5.89. The van der Waals surface area contributed by atoms with Gasteiger partial charge in [0.2, 0.25) is 0 Å². The highest BCUT2D eigenvalue weighted by molar-refractivity contribution is 5.93. The Morgan fingerprint density at radius 3 is 2.81 bits per heavy atom. The molecule has 21 heavy (non-hydrogen) atoms. The van der Waals surface area contributed by atoms with Gasteiger partial charge in [0, 0.05) is 24.9 Å². The van der Waals surface area contributed by atoms with Crippen LogP contribution < -0.4 is 0 Å². The maximum absolute atomic E-state index is 12.9. The zero-order chi connectivity index (χ0) is 14.8. The van der Waals surface area contributed by atoms with Crippen LogP contribution in [-0.4, -0.2) is 34.2 Å². The van der Waals surface area contributed by atoms with Crippen molar-refractivity contribution in [1.29, 1.82) is 0 Å². The third-order valence-electron chi connectivity index (χ3n) is 4.57. The van der Waals surface area contributed by atoms with Gasteiger partial charge in [0.1, 0.15) is 17.3 Å². The van der Waals surface area contributed by atoms with Gasteiger partial charge < -0.3 is 4.90 Å². The molecule has 1 aromatic heterocycles. The SMILES string of the molecule is O=C1CCCCC1C1CCCN1C(=O)c1ccc(F)cn1. The number of amides is 1. The van der Waals surface area contributed by atoms with Gasteiger partial charge in [-0.05, 0) is 37.8 Å². The Morgan fingerprint density at radius 2 is 2.10 bits per heavy atom. The predicted molar refractivity (Wildman–Crippen MR) is 75.2 cm³/mol. The van der Waals surface area contributed by atoms with Crippen molar-refractivity contribution in [1.82, 2.24) is 9.88 Å². The van der Waals surface area contributed by atoms with Gasteiger partial charge in [-0.3, -0.25) is 9.59 Å². The number of rotatable bonds is 2. The molecule has 5 heteroatoms. The van der Waals surface area contributed by atoms with Gasteiger partial charge in [-0.1, -0.05) is 6.42 Å². The number of Topliss-reactive ketones (excluding diaryl/α,β-unsaturated/α-hetero) is 1. The smallest absolute Gasteiger partial charge is 0.272 e. The van der Waals surface area contributed by atoms with E-state index in [0.29, 0.717) is 13.0 Å². The molecule has 0 spiro atoms. The Morgan fingerprint density at radius 1 is 1.24 bits per heavy atom. The molecule has 1 saturated heterocycles. The van der Waals surface area contributed by atoms with Gasteiger partial charge >= 0.3 is 0 Å². The number of carbonyl (C=O) groups excluding carboxylic acids is 2. The molecule has 1 aromatic rings. The monoisotopic (exact) mass is 290 g/mol. The number of likely N-dealkylation sites (tertiary alicyclic amines) is 1. The van der Waals surface area contributed by atoms with Crippen LogP contribution in [-0.2, 0) is 4.79 Å². The van der Waals surface area contributed by atoms with Crippen molar-refractivity contribution < 1.29 is 14.0 Å². The number of aromatic nitrogens is 1. The van der Waals surface area contributed by atoms with Crippen LogP contribution in [0.15, 0.2) is 18.3 Å². The first-order chi connectivity index (χ1) is 10.2. The fourth-order valence-corrected chi connectivity index (χ4v) is 3.53. The molecular formula is C16H19FN2O2. The highest BCUT2D eigenvalue weighted by atomic mass is 19.1. The summed E-state index contributed by atoms with van der Waals surface area (Å²) in [6.45, 7) is 0.659. The van der Waals surface area contributed by atoms with E-state index >= 15 is 0 Å². The lowest BCUT2D eigenvalue weighted by Crippen LogP contribution is -2.44. The molecule has 0 N–H and O–H groups in total. The van der Waals surface area contributed by atoms with Crippen LogP contribution in [0.2, 0.25) is 0 Å². The third kappa shape index (κ3) is 2.82. The normalized spacial score (nSPS) is 26.1. The molecule has 4 nitrogen and oxygen atoms in total. The number of halogens is 1. The Kier molecular flexibility index (Phi) is 3.99. The summed E-state index contributed by atoms with van der Waals surface area (Å²) in [6.07, 6.45) is 6.40. The first-order valence-electron chi connectivity index (χ1n) is 7.62. The average Bonchev–Trinajstić information content (AvgIpc) is 2.97. The second-order valence-electron chi connectivity index (χ2n) is 5.89. The quantitative estimate of drug-likeness (QED) is 0.841. The summed E-state index contributed by atoms with van der Waals surface area (Å²) < 4.78 is 12.9. The van der Waals surface area contributed by atoms with Crippen molar-refractivity contribution >= 4 is 11.7 Å². The predicted octanol–water partition coefficient (Wildman–Crippen LogP) is 2.58. The number of ketones is 1. The lowest BCUT2D eigenvalue weighted by atomic mass is 9.82. The van der Waals surface area contributed by atoms with Crippen molar-refractivity contribution in [3.63, 3.8) is 0 Å². The minimum atomic E-state index is -0.452. The van der Waals surface area contributed by atoms with Crippen LogP contribution >= 0.6 is 0 Å². The van der Waals surface area contributed by atoms with E-state index in [0.717, 1.165) is 38.3 Å². The molecule has 2 heterocycles.